The number of thiophene rings is 1. The Morgan fingerprint density at radius 1 is 0.293 bits per heavy atom. The van der Waals surface area contributed by atoms with Crippen molar-refractivity contribution < 1.29 is 0 Å². The Balaban J connectivity index is 1.05. The third kappa shape index (κ3) is 4.38. The van der Waals surface area contributed by atoms with E-state index in [-0.39, 0.29) is 0 Å². The van der Waals surface area contributed by atoms with Crippen molar-refractivity contribution in [3.8, 4) is 28.2 Å². The Morgan fingerprint density at radius 2 is 0.828 bits per heavy atom. The van der Waals surface area contributed by atoms with Crippen molar-refractivity contribution in [3.63, 3.8) is 0 Å². The van der Waals surface area contributed by atoms with Gasteiger partial charge in [0, 0.05) is 69.4 Å². The highest BCUT2D eigenvalue weighted by Gasteiger charge is 2.22. The van der Waals surface area contributed by atoms with E-state index in [9.17, 15) is 0 Å². The summed E-state index contributed by atoms with van der Waals surface area (Å²) in [5.74, 6) is 0. The molecule has 0 bridgehead atoms. The van der Waals surface area contributed by atoms with E-state index >= 15 is 0 Å². The van der Waals surface area contributed by atoms with E-state index < -0.39 is 0 Å². The molecule has 0 aliphatic carbocycles. The molecule has 0 aliphatic heterocycles. The van der Waals surface area contributed by atoms with Crippen LogP contribution in [0.1, 0.15) is 0 Å². The van der Waals surface area contributed by atoms with Gasteiger partial charge in [0.15, 0.2) is 0 Å². The number of fused-ring (bicyclic) bond motifs is 13. The van der Waals surface area contributed by atoms with Crippen LogP contribution >= 0.6 is 11.3 Å². The quantitative estimate of drug-likeness (QED) is 0.170. The van der Waals surface area contributed by atoms with E-state index in [1.54, 1.807) is 0 Å². The number of aromatic nitrogens is 3. The van der Waals surface area contributed by atoms with Crippen LogP contribution in [0.2, 0.25) is 0 Å². The summed E-state index contributed by atoms with van der Waals surface area (Å²) in [5, 5.41) is 10.2. The Labute approximate surface area is 337 Å². The molecule has 270 valence electrons. The maximum absolute atomic E-state index is 2.49. The minimum Gasteiger partial charge on any atom is -0.309 e. The molecule has 0 radical (unpaired) electrons. The highest BCUT2D eigenvalue weighted by molar-refractivity contribution is 7.25. The third-order valence-electron chi connectivity index (χ3n) is 12.2. The lowest BCUT2D eigenvalue weighted by Crippen LogP contribution is -1.97. The summed E-state index contributed by atoms with van der Waals surface area (Å²) in [6, 6.07) is 73.6. The van der Waals surface area contributed by atoms with Gasteiger partial charge in [-0.1, -0.05) is 115 Å². The van der Waals surface area contributed by atoms with Crippen LogP contribution in [-0.2, 0) is 0 Å². The molecule has 9 aromatic carbocycles. The van der Waals surface area contributed by atoms with E-state index in [2.05, 4.69) is 214 Å². The number of nitrogens with zero attached hydrogens (tertiary/aromatic N) is 3. The Morgan fingerprint density at radius 3 is 1.60 bits per heavy atom. The van der Waals surface area contributed by atoms with E-state index in [4.69, 9.17) is 0 Å². The van der Waals surface area contributed by atoms with Gasteiger partial charge in [0.2, 0.25) is 0 Å². The van der Waals surface area contributed by atoms with Crippen LogP contribution in [-0.4, -0.2) is 13.7 Å². The maximum atomic E-state index is 2.49. The summed E-state index contributed by atoms with van der Waals surface area (Å²) in [4.78, 5) is 0. The summed E-state index contributed by atoms with van der Waals surface area (Å²) in [6.45, 7) is 0. The van der Waals surface area contributed by atoms with Crippen LogP contribution in [0.4, 0.5) is 0 Å². The van der Waals surface area contributed by atoms with Gasteiger partial charge >= 0.3 is 0 Å². The fourth-order valence-electron chi connectivity index (χ4n) is 9.82. The fraction of sp³-hybridized carbons (Fsp3) is 0. The van der Waals surface area contributed by atoms with Gasteiger partial charge in [0.05, 0.1) is 38.8 Å². The smallest absolute Gasteiger partial charge is 0.0549 e. The lowest BCUT2D eigenvalue weighted by molar-refractivity contribution is 1.17. The first-order valence-electron chi connectivity index (χ1n) is 19.9. The van der Waals surface area contributed by atoms with E-state index in [0.717, 1.165) is 5.69 Å². The maximum Gasteiger partial charge on any atom is 0.0549 e. The first kappa shape index (κ1) is 31.8. The number of hydrogen-bond donors (Lipinski definition) is 0. The van der Waals surface area contributed by atoms with Crippen LogP contribution in [0, 0.1) is 0 Å². The Bertz CT molecular complexity index is 3800. The number of para-hydroxylation sites is 5. The first-order valence-corrected chi connectivity index (χ1v) is 20.7. The van der Waals surface area contributed by atoms with Crippen LogP contribution < -0.4 is 0 Å². The summed E-state index contributed by atoms with van der Waals surface area (Å²) >= 11 is 1.86. The molecule has 0 atom stereocenters. The Hall–Kier alpha value is -7.40. The van der Waals surface area contributed by atoms with Crippen molar-refractivity contribution >= 4 is 96.9 Å². The summed E-state index contributed by atoms with van der Waals surface area (Å²) in [6.07, 6.45) is 0. The molecule has 4 heteroatoms. The van der Waals surface area contributed by atoms with Crippen molar-refractivity contribution in [2.45, 2.75) is 0 Å². The van der Waals surface area contributed by atoms with Crippen molar-refractivity contribution in [2.24, 2.45) is 0 Å². The van der Waals surface area contributed by atoms with Crippen LogP contribution in [0.3, 0.4) is 0 Å². The molecule has 0 fully saturated rings. The minimum absolute atomic E-state index is 1.16. The van der Waals surface area contributed by atoms with Crippen LogP contribution in [0.5, 0.6) is 0 Å². The summed E-state index contributed by atoms with van der Waals surface area (Å²) < 4.78 is 9.98. The molecular weight excluding hydrogens is 723 g/mol. The van der Waals surface area contributed by atoms with Gasteiger partial charge < -0.3 is 13.7 Å². The molecule has 4 aromatic heterocycles. The summed E-state index contributed by atoms with van der Waals surface area (Å²) in [5.41, 5.74) is 13.1. The molecule has 13 rings (SSSR count). The highest BCUT2D eigenvalue weighted by Crippen LogP contribution is 2.44. The van der Waals surface area contributed by atoms with Crippen LogP contribution in [0.25, 0.3) is 114 Å². The average molecular weight is 756 g/mol. The fourth-order valence-corrected chi connectivity index (χ4v) is 10.9. The van der Waals surface area contributed by atoms with E-state index in [1.165, 1.54) is 108 Å². The number of hydrogen-bond acceptors (Lipinski definition) is 1. The second-order valence-corrected chi connectivity index (χ2v) is 16.4. The van der Waals surface area contributed by atoms with Crippen molar-refractivity contribution in [1.82, 2.24) is 13.7 Å². The third-order valence-corrected chi connectivity index (χ3v) is 13.4. The topological polar surface area (TPSA) is 14.8 Å². The van der Waals surface area contributed by atoms with Gasteiger partial charge in [-0.3, -0.25) is 0 Å². The van der Waals surface area contributed by atoms with Gasteiger partial charge in [0.25, 0.3) is 0 Å². The zero-order valence-corrected chi connectivity index (χ0v) is 32.1. The van der Waals surface area contributed by atoms with Gasteiger partial charge in [-0.2, -0.15) is 0 Å². The zero-order chi connectivity index (χ0) is 37.9. The lowest BCUT2D eigenvalue weighted by atomic mass is 10.0. The predicted octanol–water partition coefficient (Wildman–Crippen LogP) is 15.0. The first-order chi connectivity index (χ1) is 28.8. The van der Waals surface area contributed by atoms with Crippen molar-refractivity contribution in [2.75, 3.05) is 0 Å². The molecule has 0 unspecified atom stereocenters. The molecule has 3 nitrogen and oxygen atoms in total. The normalized spacial score (nSPS) is 12.1. The molecule has 58 heavy (non-hydrogen) atoms. The highest BCUT2D eigenvalue weighted by atomic mass is 32.1. The average Bonchev–Trinajstić information content (AvgIpc) is 4.02. The van der Waals surface area contributed by atoms with Gasteiger partial charge in [-0.15, -0.1) is 11.3 Å². The predicted molar refractivity (Wildman–Crippen MR) is 248 cm³/mol. The van der Waals surface area contributed by atoms with Crippen LogP contribution in [0.15, 0.2) is 200 Å². The molecule has 4 heterocycles. The minimum atomic E-state index is 1.16. The number of rotatable bonds is 4. The van der Waals surface area contributed by atoms with E-state index in [0.29, 0.717) is 0 Å². The van der Waals surface area contributed by atoms with Crippen molar-refractivity contribution in [3.05, 3.63) is 200 Å². The monoisotopic (exact) mass is 755 g/mol. The van der Waals surface area contributed by atoms with E-state index in [1.807, 2.05) is 11.3 Å². The standard InChI is InChI=1S/C54H33N3S/c1-2-14-35(15-3-1)55-46-23-11-6-19-40(46)53-49(55)29-30-50-54(53)41-20-7-12-24-47(41)57(50)44-21-9-4-16-37(44)34-26-28-48-42(32-34)38-17-5-10-22-45(38)56(48)36-27-31-52-43(33-36)39-18-8-13-25-51(39)58-52/h1-33H. The SMILES string of the molecule is c1ccc(-n2c3ccccc3c3c4c5ccccc5n(-c5ccccc5-c5ccc6c(c5)c5ccccc5n6-c5ccc6sc7ccccc7c6c5)c4ccc32)cc1. The molecular formula is C54H33N3S. The number of benzene rings is 9. The second-order valence-electron chi connectivity index (χ2n) is 15.3. The molecule has 0 saturated heterocycles. The van der Waals surface area contributed by atoms with Gasteiger partial charge in [-0.25, -0.2) is 0 Å². The molecule has 13 aromatic rings. The zero-order valence-electron chi connectivity index (χ0n) is 31.3. The lowest BCUT2D eigenvalue weighted by Gasteiger charge is -2.15. The molecule has 0 aliphatic rings. The second kappa shape index (κ2) is 12.1. The molecule has 0 spiro atoms. The van der Waals surface area contributed by atoms with Gasteiger partial charge in [0.1, 0.15) is 0 Å². The van der Waals surface area contributed by atoms with Crippen molar-refractivity contribution in [1.29, 1.82) is 0 Å². The van der Waals surface area contributed by atoms with Gasteiger partial charge in [-0.05, 0) is 90.5 Å². The Kier molecular flexibility index (Phi) is 6.60. The summed E-state index contributed by atoms with van der Waals surface area (Å²) in [7, 11) is 0. The molecule has 0 saturated carbocycles. The largest absolute Gasteiger partial charge is 0.309 e. The molecule has 0 N–H and O–H groups in total. The molecule has 0 amide bonds.